The van der Waals surface area contributed by atoms with Crippen molar-refractivity contribution in [2.24, 2.45) is 0 Å². The molecule has 0 saturated carbocycles. The predicted molar refractivity (Wildman–Crippen MR) is 98.5 cm³/mol. The first-order valence-corrected chi connectivity index (χ1v) is 7.97. The molecule has 23 heavy (non-hydrogen) atoms. The first-order valence-electron chi connectivity index (χ1n) is 6.89. The van der Waals surface area contributed by atoms with Crippen LogP contribution in [0.25, 0.3) is 6.08 Å². The number of carbonyl (C=O) groups excluding carboxylic acids is 1. The normalized spacial score (nSPS) is 10.8. The second kappa shape index (κ2) is 7.50. The molecule has 1 N–H and O–H groups in total. The number of carbonyl (C=O) groups is 1. The molecule has 0 aromatic heterocycles. The molecule has 0 unspecified atom stereocenters. The molecule has 0 fully saturated rings. The van der Waals surface area contributed by atoms with Gasteiger partial charge in [0.05, 0.1) is 23.4 Å². The Bertz CT molecular complexity index is 766. The number of hydrogen-bond donors (Lipinski definition) is 1. The number of aromatic hydroxyl groups is 1. The quantitative estimate of drug-likeness (QED) is 0.444. The molecular weight excluding hydrogens is 407 g/mol. The summed E-state index contributed by atoms with van der Waals surface area (Å²) in [6.45, 7) is 1.89. The minimum Gasteiger partial charge on any atom is -0.506 e. The SMILES string of the molecule is COc1ccc(/C=C/C(=O)c2cc(C)cc(I)c2O)cc1OC. The van der Waals surface area contributed by atoms with Gasteiger partial charge in [0.1, 0.15) is 5.75 Å². The molecule has 2 aromatic carbocycles. The zero-order chi connectivity index (χ0) is 17.0. The van der Waals surface area contributed by atoms with Crippen molar-refractivity contribution in [1.82, 2.24) is 0 Å². The smallest absolute Gasteiger partial charge is 0.189 e. The third kappa shape index (κ3) is 4.04. The van der Waals surface area contributed by atoms with E-state index in [1.54, 1.807) is 38.5 Å². The number of phenols is 1. The number of ether oxygens (including phenoxy) is 2. The maximum atomic E-state index is 12.3. The number of allylic oxidation sites excluding steroid dienone is 1. The molecular formula is C18H17IO4. The average molecular weight is 424 g/mol. The van der Waals surface area contributed by atoms with E-state index in [9.17, 15) is 9.90 Å². The Labute approximate surface area is 148 Å². The van der Waals surface area contributed by atoms with Crippen LogP contribution in [0.1, 0.15) is 21.5 Å². The average Bonchev–Trinajstić information content (AvgIpc) is 2.55. The van der Waals surface area contributed by atoms with Gasteiger partial charge in [-0.2, -0.15) is 0 Å². The molecule has 5 heteroatoms. The minimum absolute atomic E-state index is 0.0122. The van der Waals surface area contributed by atoms with Crippen molar-refractivity contribution >= 4 is 34.5 Å². The molecule has 4 nitrogen and oxygen atoms in total. The van der Waals surface area contributed by atoms with Crippen LogP contribution in [0.15, 0.2) is 36.4 Å². The zero-order valence-electron chi connectivity index (χ0n) is 13.1. The highest BCUT2D eigenvalue weighted by molar-refractivity contribution is 14.1. The molecule has 0 aliphatic heterocycles. The predicted octanol–water partition coefficient (Wildman–Crippen LogP) is 4.22. The lowest BCUT2D eigenvalue weighted by atomic mass is 10.1. The van der Waals surface area contributed by atoms with Crippen LogP contribution in [0.2, 0.25) is 0 Å². The Morgan fingerprint density at radius 2 is 1.83 bits per heavy atom. The lowest BCUT2D eigenvalue weighted by Crippen LogP contribution is -1.97. The molecule has 0 atom stereocenters. The summed E-state index contributed by atoms with van der Waals surface area (Å²) in [4.78, 5) is 12.3. The van der Waals surface area contributed by atoms with Gasteiger partial charge in [0.15, 0.2) is 17.3 Å². The molecule has 0 aliphatic carbocycles. The Morgan fingerprint density at radius 3 is 2.48 bits per heavy atom. The molecule has 0 radical (unpaired) electrons. The van der Waals surface area contributed by atoms with E-state index in [-0.39, 0.29) is 11.5 Å². The highest BCUT2D eigenvalue weighted by Gasteiger charge is 2.12. The molecule has 0 heterocycles. The summed E-state index contributed by atoms with van der Waals surface area (Å²) < 4.78 is 11.1. The number of ketones is 1. The first-order chi connectivity index (χ1) is 11.0. The van der Waals surface area contributed by atoms with Crippen LogP contribution in [0.3, 0.4) is 0 Å². The molecule has 0 saturated heterocycles. The summed E-state index contributed by atoms with van der Waals surface area (Å²) >= 11 is 2.01. The third-order valence-corrected chi connectivity index (χ3v) is 4.13. The van der Waals surface area contributed by atoms with Crippen LogP contribution in [0.5, 0.6) is 17.2 Å². The number of benzene rings is 2. The van der Waals surface area contributed by atoms with Gasteiger partial charge < -0.3 is 14.6 Å². The van der Waals surface area contributed by atoms with E-state index < -0.39 is 0 Å². The topological polar surface area (TPSA) is 55.8 Å². The number of phenolic OH excluding ortho intramolecular Hbond substituents is 1. The van der Waals surface area contributed by atoms with Gasteiger partial charge in [-0.25, -0.2) is 0 Å². The van der Waals surface area contributed by atoms with Crippen molar-refractivity contribution in [3.05, 3.63) is 56.7 Å². The van der Waals surface area contributed by atoms with E-state index in [0.29, 0.717) is 20.6 Å². The number of halogens is 1. The summed E-state index contributed by atoms with van der Waals surface area (Å²) in [6.07, 6.45) is 3.12. The first kappa shape index (κ1) is 17.3. The Balaban J connectivity index is 2.28. The maximum Gasteiger partial charge on any atom is 0.189 e. The van der Waals surface area contributed by atoms with E-state index in [1.165, 1.54) is 6.08 Å². The Hall–Kier alpha value is -2.02. The summed E-state index contributed by atoms with van der Waals surface area (Å²) in [5, 5.41) is 10.0. The molecule has 0 bridgehead atoms. The van der Waals surface area contributed by atoms with E-state index in [4.69, 9.17) is 9.47 Å². The lowest BCUT2D eigenvalue weighted by Gasteiger charge is -2.08. The monoisotopic (exact) mass is 424 g/mol. The van der Waals surface area contributed by atoms with Gasteiger partial charge in [-0.15, -0.1) is 0 Å². The number of hydrogen-bond acceptors (Lipinski definition) is 4. The summed E-state index contributed by atoms with van der Waals surface area (Å²) in [5.41, 5.74) is 2.03. The second-order valence-corrected chi connectivity index (χ2v) is 6.12. The van der Waals surface area contributed by atoms with E-state index in [2.05, 4.69) is 0 Å². The van der Waals surface area contributed by atoms with Crippen LogP contribution in [0.4, 0.5) is 0 Å². The fourth-order valence-electron chi connectivity index (χ4n) is 2.14. The molecule has 2 aromatic rings. The van der Waals surface area contributed by atoms with Gasteiger partial charge in [0.25, 0.3) is 0 Å². The standard InChI is InChI=1S/C18H17IO4/c1-11-8-13(18(21)14(19)9-11)15(20)6-4-12-5-7-16(22-2)17(10-12)23-3/h4-10,21H,1-3H3/b6-4+. The van der Waals surface area contributed by atoms with E-state index in [1.807, 2.05) is 41.6 Å². The Morgan fingerprint density at radius 1 is 1.13 bits per heavy atom. The van der Waals surface area contributed by atoms with Crippen molar-refractivity contribution in [3.8, 4) is 17.2 Å². The van der Waals surface area contributed by atoms with Crippen LogP contribution >= 0.6 is 22.6 Å². The van der Waals surface area contributed by atoms with Gasteiger partial charge in [0.2, 0.25) is 0 Å². The van der Waals surface area contributed by atoms with Crippen molar-refractivity contribution in [1.29, 1.82) is 0 Å². The summed E-state index contributed by atoms with van der Waals surface area (Å²) in [5.74, 6) is 0.981. The van der Waals surface area contributed by atoms with Gasteiger partial charge in [-0.3, -0.25) is 4.79 Å². The number of aryl methyl sites for hydroxylation is 1. The van der Waals surface area contributed by atoms with Crippen LogP contribution in [0, 0.1) is 10.5 Å². The van der Waals surface area contributed by atoms with Gasteiger partial charge in [-0.1, -0.05) is 12.1 Å². The third-order valence-electron chi connectivity index (χ3n) is 3.31. The number of rotatable bonds is 5. The van der Waals surface area contributed by atoms with Gasteiger partial charge in [-0.05, 0) is 71.0 Å². The molecule has 0 amide bonds. The van der Waals surface area contributed by atoms with E-state index >= 15 is 0 Å². The largest absolute Gasteiger partial charge is 0.506 e. The minimum atomic E-state index is -0.251. The lowest BCUT2D eigenvalue weighted by molar-refractivity contribution is 0.104. The van der Waals surface area contributed by atoms with Gasteiger partial charge in [0, 0.05) is 0 Å². The summed E-state index contributed by atoms with van der Waals surface area (Å²) in [7, 11) is 3.13. The maximum absolute atomic E-state index is 12.3. The zero-order valence-corrected chi connectivity index (χ0v) is 15.2. The fourth-order valence-corrected chi connectivity index (χ4v) is 2.92. The highest BCUT2D eigenvalue weighted by Crippen LogP contribution is 2.29. The molecule has 0 aliphatic rings. The van der Waals surface area contributed by atoms with Crippen LogP contribution in [-0.4, -0.2) is 25.1 Å². The Kier molecular flexibility index (Phi) is 5.65. The van der Waals surface area contributed by atoms with Crippen molar-refractivity contribution < 1.29 is 19.4 Å². The van der Waals surface area contributed by atoms with Crippen molar-refractivity contribution in [2.45, 2.75) is 6.92 Å². The van der Waals surface area contributed by atoms with E-state index in [0.717, 1.165) is 11.1 Å². The highest BCUT2D eigenvalue weighted by atomic mass is 127. The van der Waals surface area contributed by atoms with Crippen molar-refractivity contribution in [2.75, 3.05) is 14.2 Å². The number of methoxy groups -OCH3 is 2. The van der Waals surface area contributed by atoms with Crippen molar-refractivity contribution in [3.63, 3.8) is 0 Å². The summed E-state index contributed by atoms with van der Waals surface area (Å²) in [6, 6.07) is 8.88. The molecule has 2 rings (SSSR count). The van der Waals surface area contributed by atoms with Crippen LogP contribution in [-0.2, 0) is 0 Å². The second-order valence-electron chi connectivity index (χ2n) is 4.95. The fraction of sp³-hybridized carbons (Fsp3) is 0.167. The molecule has 120 valence electrons. The van der Waals surface area contributed by atoms with Crippen LogP contribution < -0.4 is 9.47 Å². The molecule has 0 spiro atoms. The van der Waals surface area contributed by atoms with Gasteiger partial charge >= 0.3 is 0 Å².